The molecule has 2 rings (SSSR count). The number of imidazole rings is 1. The molecule has 20 heavy (non-hydrogen) atoms. The number of rotatable bonds is 6. The first-order chi connectivity index (χ1) is 9.61. The van der Waals surface area contributed by atoms with E-state index in [-0.39, 0.29) is 5.69 Å². The zero-order valence-corrected chi connectivity index (χ0v) is 11.6. The number of non-ortho nitro benzene ring substituents is 1. The van der Waals surface area contributed by atoms with Crippen LogP contribution in [0.2, 0.25) is 0 Å². The second-order valence-electron chi connectivity index (χ2n) is 4.69. The van der Waals surface area contributed by atoms with Crippen LogP contribution in [0.4, 0.5) is 5.69 Å². The number of benzene rings is 1. The van der Waals surface area contributed by atoms with Gasteiger partial charge in [-0.15, -0.1) is 0 Å². The summed E-state index contributed by atoms with van der Waals surface area (Å²) in [6, 6.07) is 4.80. The zero-order chi connectivity index (χ0) is 14.5. The van der Waals surface area contributed by atoms with Crippen molar-refractivity contribution in [2.75, 3.05) is 6.54 Å². The van der Waals surface area contributed by atoms with Crippen LogP contribution < -0.4 is 5.32 Å². The van der Waals surface area contributed by atoms with E-state index in [1.807, 2.05) is 6.92 Å². The molecule has 0 unspecified atom stereocenters. The molecule has 0 saturated heterocycles. The topological polar surface area (TPSA) is 83.8 Å². The Labute approximate surface area is 117 Å². The minimum atomic E-state index is -0.393. The highest BCUT2D eigenvalue weighted by molar-refractivity contribution is 5.63. The van der Waals surface area contributed by atoms with Crippen molar-refractivity contribution in [3.8, 4) is 11.4 Å². The molecule has 0 radical (unpaired) electrons. The van der Waals surface area contributed by atoms with Crippen molar-refractivity contribution >= 4 is 5.69 Å². The maximum absolute atomic E-state index is 10.8. The third kappa shape index (κ3) is 3.21. The van der Waals surface area contributed by atoms with Crippen molar-refractivity contribution in [1.29, 1.82) is 0 Å². The van der Waals surface area contributed by atoms with E-state index in [1.165, 1.54) is 6.07 Å². The summed E-state index contributed by atoms with van der Waals surface area (Å²) >= 11 is 0. The average Bonchev–Trinajstić information content (AvgIpc) is 2.88. The standard InChI is InChI=1S/C14H18N4O2/c1-3-6-15-8-11-9-16-14(17-11)13-7-12(18(19)20)5-4-10(13)2/h4-5,7,9,15H,3,6,8H2,1-2H3,(H,16,17). The first-order valence-corrected chi connectivity index (χ1v) is 6.62. The number of nitrogens with zero attached hydrogens (tertiary/aromatic N) is 2. The van der Waals surface area contributed by atoms with E-state index in [9.17, 15) is 10.1 Å². The fraction of sp³-hybridized carbons (Fsp3) is 0.357. The SMILES string of the molecule is CCCNCc1cnc(-c2cc([N+](=O)[O-])ccc2C)[nH]1. The van der Waals surface area contributed by atoms with E-state index < -0.39 is 4.92 Å². The van der Waals surface area contributed by atoms with Gasteiger partial charge in [-0.1, -0.05) is 13.0 Å². The molecule has 0 spiro atoms. The van der Waals surface area contributed by atoms with E-state index in [4.69, 9.17) is 0 Å². The molecule has 1 aromatic heterocycles. The largest absolute Gasteiger partial charge is 0.341 e. The smallest absolute Gasteiger partial charge is 0.270 e. The molecule has 0 aliphatic heterocycles. The number of aromatic amines is 1. The fourth-order valence-corrected chi connectivity index (χ4v) is 1.96. The molecular formula is C14H18N4O2. The summed E-state index contributed by atoms with van der Waals surface area (Å²) in [7, 11) is 0. The van der Waals surface area contributed by atoms with Gasteiger partial charge >= 0.3 is 0 Å². The molecule has 1 heterocycles. The van der Waals surface area contributed by atoms with Crippen LogP contribution in [-0.4, -0.2) is 21.4 Å². The van der Waals surface area contributed by atoms with Crippen LogP contribution in [0.1, 0.15) is 24.6 Å². The number of aryl methyl sites for hydroxylation is 1. The summed E-state index contributed by atoms with van der Waals surface area (Å²) in [5.74, 6) is 0.666. The number of nitro benzene ring substituents is 1. The summed E-state index contributed by atoms with van der Waals surface area (Å²) in [5.41, 5.74) is 2.77. The lowest BCUT2D eigenvalue weighted by atomic mass is 10.1. The highest BCUT2D eigenvalue weighted by Gasteiger charge is 2.12. The Balaban J connectivity index is 2.23. The number of H-pyrrole nitrogens is 1. The molecule has 0 aliphatic carbocycles. The predicted octanol–water partition coefficient (Wildman–Crippen LogP) is 2.79. The summed E-state index contributed by atoms with van der Waals surface area (Å²) in [4.78, 5) is 18.0. The summed E-state index contributed by atoms with van der Waals surface area (Å²) in [6.45, 7) is 5.69. The average molecular weight is 274 g/mol. The van der Waals surface area contributed by atoms with Crippen LogP contribution in [-0.2, 0) is 6.54 Å². The van der Waals surface area contributed by atoms with Gasteiger partial charge in [0.25, 0.3) is 5.69 Å². The maximum atomic E-state index is 10.8. The molecule has 6 heteroatoms. The molecule has 6 nitrogen and oxygen atoms in total. The molecule has 0 bridgehead atoms. The van der Waals surface area contributed by atoms with E-state index in [0.29, 0.717) is 5.82 Å². The van der Waals surface area contributed by atoms with Gasteiger partial charge in [-0.25, -0.2) is 4.98 Å². The van der Waals surface area contributed by atoms with Gasteiger partial charge in [0.15, 0.2) is 0 Å². The summed E-state index contributed by atoms with van der Waals surface area (Å²) in [5, 5.41) is 14.1. The van der Waals surface area contributed by atoms with E-state index in [1.54, 1.807) is 18.3 Å². The second kappa shape index (κ2) is 6.29. The Morgan fingerprint density at radius 3 is 2.95 bits per heavy atom. The van der Waals surface area contributed by atoms with Gasteiger partial charge < -0.3 is 10.3 Å². The normalized spacial score (nSPS) is 10.7. The van der Waals surface area contributed by atoms with Gasteiger partial charge in [0.2, 0.25) is 0 Å². The summed E-state index contributed by atoms with van der Waals surface area (Å²) in [6.07, 6.45) is 2.83. The maximum Gasteiger partial charge on any atom is 0.270 e. The molecule has 0 atom stereocenters. The Hall–Kier alpha value is -2.21. The third-order valence-corrected chi connectivity index (χ3v) is 3.06. The molecule has 1 aromatic carbocycles. The lowest BCUT2D eigenvalue weighted by Crippen LogP contribution is -2.13. The van der Waals surface area contributed by atoms with Crippen molar-refractivity contribution in [2.45, 2.75) is 26.8 Å². The molecule has 2 N–H and O–H groups in total. The van der Waals surface area contributed by atoms with E-state index >= 15 is 0 Å². The third-order valence-electron chi connectivity index (χ3n) is 3.06. The first-order valence-electron chi connectivity index (χ1n) is 6.62. The number of hydrogen-bond acceptors (Lipinski definition) is 4. The Morgan fingerprint density at radius 1 is 1.45 bits per heavy atom. The quantitative estimate of drug-likeness (QED) is 0.482. The second-order valence-corrected chi connectivity index (χ2v) is 4.69. The highest BCUT2D eigenvalue weighted by Crippen LogP contribution is 2.25. The predicted molar refractivity (Wildman–Crippen MR) is 77.4 cm³/mol. The van der Waals surface area contributed by atoms with Crippen molar-refractivity contribution in [3.05, 3.63) is 45.8 Å². The van der Waals surface area contributed by atoms with Crippen molar-refractivity contribution < 1.29 is 4.92 Å². The van der Waals surface area contributed by atoms with Crippen molar-refractivity contribution in [3.63, 3.8) is 0 Å². The van der Waals surface area contributed by atoms with Crippen LogP contribution in [0.3, 0.4) is 0 Å². The molecular weight excluding hydrogens is 256 g/mol. The minimum Gasteiger partial charge on any atom is -0.341 e. The van der Waals surface area contributed by atoms with Gasteiger partial charge in [-0.3, -0.25) is 10.1 Å². The van der Waals surface area contributed by atoms with Crippen LogP contribution in [0, 0.1) is 17.0 Å². The number of hydrogen-bond donors (Lipinski definition) is 2. The fourth-order valence-electron chi connectivity index (χ4n) is 1.96. The van der Waals surface area contributed by atoms with Crippen LogP contribution >= 0.6 is 0 Å². The van der Waals surface area contributed by atoms with Crippen LogP contribution in [0.5, 0.6) is 0 Å². The zero-order valence-electron chi connectivity index (χ0n) is 11.6. The molecule has 106 valence electrons. The minimum absolute atomic E-state index is 0.0765. The van der Waals surface area contributed by atoms with Crippen LogP contribution in [0.15, 0.2) is 24.4 Å². The Morgan fingerprint density at radius 2 is 2.25 bits per heavy atom. The summed E-state index contributed by atoms with van der Waals surface area (Å²) < 4.78 is 0. The Kier molecular flexibility index (Phi) is 4.47. The first kappa shape index (κ1) is 14.2. The van der Waals surface area contributed by atoms with Gasteiger partial charge in [-0.05, 0) is 25.5 Å². The molecule has 0 saturated carbocycles. The van der Waals surface area contributed by atoms with Crippen molar-refractivity contribution in [1.82, 2.24) is 15.3 Å². The van der Waals surface area contributed by atoms with Gasteiger partial charge in [0.05, 0.1) is 4.92 Å². The number of aromatic nitrogens is 2. The lowest BCUT2D eigenvalue weighted by Gasteiger charge is -2.03. The number of nitrogens with one attached hydrogen (secondary N) is 2. The van der Waals surface area contributed by atoms with E-state index in [0.717, 1.165) is 36.3 Å². The van der Waals surface area contributed by atoms with Gasteiger partial charge in [0.1, 0.15) is 5.82 Å². The van der Waals surface area contributed by atoms with Crippen molar-refractivity contribution in [2.24, 2.45) is 0 Å². The van der Waals surface area contributed by atoms with Crippen LogP contribution in [0.25, 0.3) is 11.4 Å². The Bertz CT molecular complexity index is 607. The molecule has 0 amide bonds. The van der Waals surface area contributed by atoms with Gasteiger partial charge in [-0.2, -0.15) is 0 Å². The number of nitro groups is 1. The highest BCUT2D eigenvalue weighted by atomic mass is 16.6. The monoisotopic (exact) mass is 274 g/mol. The van der Waals surface area contributed by atoms with E-state index in [2.05, 4.69) is 22.2 Å². The molecule has 0 aliphatic rings. The van der Waals surface area contributed by atoms with Gasteiger partial charge in [0, 0.05) is 36.1 Å². The molecule has 2 aromatic rings. The molecule has 0 fully saturated rings. The lowest BCUT2D eigenvalue weighted by molar-refractivity contribution is -0.384.